The summed E-state index contributed by atoms with van der Waals surface area (Å²) in [5, 5.41) is 5.58. The van der Waals surface area contributed by atoms with E-state index in [1.165, 1.54) is 11.8 Å². The average Bonchev–Trinajstić information content (AvgIpc) is 2.85. The minimum atomic E-state index is -0.452. The molecular formula is C12H18N4O2S. The molecule has 0 spiro atoms. The molecule has 1 aliphatic rings. The largest absolute Gasteiger partial charge is 0.354 e. The van der Waals surface area contributed by atoms with Crippen LogP contribution in [0.25, 0.3) is 0 Å². The molecule has 104 valence electrons. The molecule has 3 N–H and O–H groups in total. The van der Waals surface area contributed by atoms with Crippen LogP contribution in [0.2, 0.25) is 0 Å². The Kier molecular flexibility index (Phi) is 4.14. The number of imidazole rings is 1. The van der Waals surface area contributed by atoms with Gasteiger partial charge in [-0.25, -0.2) is 4.98 Å². The summed E-state index contributed by atoms with van der Waals surface area (Å²) in [5.41, 5.74) is 0.975. The van der Waals surface area contributed by atoms with Crippen molar-refractivity contribution in [3.63, 3.8) is 0 Å². The smallest absolute Gasteiger partial charge is 0.243 e. The van der Waals surface area contributed by atoms with E-state index in [2.05, 4.69) is 20.6 Å². The summed E-state index contributed by atoms with van der Waals surface area (Å²) in [7, 11) is 0. The molecule has 0 saturated carbocycles. The van der Waals surface area contributed by atoms with Gasteiger partial charge in [-0.3, -0.25) is 9.59 Å². The van der Waals surface area contributed by atoms with Gasteiger partial charge in [-0.2, -0.15) is 0 Å². The van der Waals surface area contributed by atoms with Crippen LogP contribution in [0.1, 0.15) is 19.5 Å². The van der Waals surface area contributed by atoms with Crippen molar-refractivity contribution < 1.29 is 9.59 Å². The van der Waals surface area contributed by atoms with Gasteiger partial charge in [0.25, 0.3) is 0 Å². The summed E-state index contributed by atoms with van der Waals surface area (Å²) in [4.78, 5) is 30.6. The number of hydrogen-bond donors (Lipinski definition) is 3. The van der Waals surface area contributed by atoms with Crippen molar-refractivity contribution in [3.05, 3.63) is 18.2 Å². The lowest BCUT2D eigenvalue weighted by Gasteiger charge is -2.32. The fraction of sp³-hybridized carbons (Fsp3) is 0.583. The minimum absolute atomic E-state index is 0.0857. The van der Waals surface area contributed by atoms with E-state index in [1.54, 1.807) is 12.5 Å². The molecule has 2 rings (SSSR count). The highest BCUT2D eigenvalue weighted by atomic mass is 32.2. The average molecular weight is 282 g/mol. The summed E-state index contributed by atoms with van der Waals surface area (Å²) >= 11 is 1.51. The lowest BCUT2D eigenvalue weighted by Crippen LogP contribution is -2.57. The van der Waals surface area contributed by atoms with Gasteiger partial charge < -0.3 is 15.6 Å². The zero-order valence-corrected chi connectivity index (χ0v) is 11.8. The number of hydrogen-bond acceptors (Lipinski definition) is 4. The van der Waals surface area contributed by atoms with Crippen molar-refractivity contribution in [2.75, 3.05) is 12.3 Å². The molecule has 1 fully saturated rings. The molecule has 2 heterocycles. The third kappa shape index (κ3) is 3.50. The van der Waals surface area contributed by atoms with Gasteiger partial charge in [0, 0.05) is 30.6 Å². The van der Waals surface area contributed by atoms with E-state index in [-0.39, 0.29) is 11.8 Å². The Labute approximate surface area is 116 Å². The third-order valence-electron chi connectivity index (χ3n) is 3.03. The van der Waals surface area contributed by atoms with E-state index in [9.17, 15) is 9.59 Å². The number of nitrogens with one attached hydrogen (secondary N) is 3. The van der Waals surface area contributed by atoms with Crippen LogP contribution >= 0.6 is 11.8 Å². The Morgan fingerprint density at radius 2 is 2.42 bits per heavy atom. The maximum atomic E-state index is 11.9. The number of thioether (sulfide) groups is 1. The third-order valence-corrected chi connectivity index (χ3v) is 4.43. The molecule has 6 nitrogen and oxygen atoms in total. The predicted octanol–water partition coefficient (Wildman–Crippen LogP) is 0.0786. The number of H-pyrrole nitrogens is 1. The molecule has 7 heteroatoms. The van der Waals surface area contributed by atoms with E-state index in [4.69, 9.17) is 0 Å². The molecular weight excluding hydrogens is 264 g/mol. The van der Waals surface area contributed by atoms with E-state index in [0.717, 1.165) is 5.69 Å². The van der Waals surface area contributed by atoms with Crippen LogP contribution in [0.4, 0.5) is 0 Å². The Morgan fingerprint density at radius 3 is 3.05 bits per heavy atom. The lowest BCUT2D eigenvalue weighted by atomic mass is 10.1. The predicted molar refractivity (Wildman–Crippen MR) is 73.8 cm³/mol. The molecule has 2 amide bonds. The Bertz CT molecular complexity index is 458. The quantitative estimate of drug-likeness (QED) is 0.730. The zero-order chi connectivity index (χ0) is 13.9. The minimum Gasteiger partial charge on any atom is -0.354 e. The molecule has 1 aromatic heterocycles. The van der Waals surface area contributed by atoms with Crippen LogP contribution in [0, 0.1) is 0 Å². The number of nitrogens with zero attached hydrogens (tertiary/aromatic N) is 1. The van der Waals surface area contributed by atoms with Gasteiger partial charge >= 0.3 is 0 Å². The van der Waals surface area contributed by atoms with Crippen LogP contribution < -0.4 is 10.6 Å². The summed E-state index contributed by atoms with van der Waals surface area (Å²) in [6, 6.07) is -0.438. The molecule has 1 atom stereocenters. The number of aromatic nitrogens is 2. The SMILES string of the molecule is CC1(C)SC[C@@H](C(=O)NCCc2cnc[nH]2)NC1=O. The first-order valence-electron chi connectivity index (χ1n) is 6.19. The van der Waals surface area contributed by atoms with E-state index >= 15 is 0 Å². The van der Waals surface area contributed by atoms with Crippen molar-refractivity contribution in [1.82, 2.24) is 20.6 Å². The van der Waals surface area contributed by atoms with Crippen LogP contribution in [-0.4, -0.2) is 44.9 Å². The zero-order valence-electron chi connectivity index (χ0n) is 11.0. The van der Waals surface area contributed by atoms with Crippen molar-refractivity contribution in [2.45, 2.75) is 31.1 Å². The van der Waals surface area contributed by atoms with E-state index < -0.39 is 10.8 Å². The van der Waals surface area contributed by atoms with Gasteiger partial charge in [0.05, 0.1) is 11.1 Å². The van der Waals surface area contributed by atoms with Crippen LogP contribution in [-0.2, 0) is 16.0 Å². The van der Waals surface area contributed by atoms with Gasteiger partial charge in [0.2, 0.25) is 11.8 Å². The van der Waals surface area contributed by atoms with Crippen molar-refractivity contribution in [3.8, 4) is 0 Å². The molecule has 0 aromatic carbocycles. The van der Waals surface area contributed by atoms with Crippen LogP contribution in [0.15, 0.2) is 12.5 Å². The fourth-order valence-corrected chi connectivity index (χ4v) is 2.75. The maximum absolute atomic E-state index is 11.9. The number of carbonyl (C=O) groups is 2. The monoisotopic (exact) mass is 282 g/mol. The molecule has 0 aliphatic carbocycles. The van der Waals surface area contributed by atoms with Crippen molar-refractivity contribution in [1.29, 1.82) is 0 Å². The second-order valence-corrected chi connectivity index (χ2v) is 6.61. The molecule has 0 bridgehead atoms. The number of amides is 2. The molecule has 1 aromatic rings. The topological polar surface area (TPSA) is 86.9 Å². The van der Waals surface area contributed by atoms with Crippen molar-refractivity contribution in [2.24, 2.45) is 0 Å². The first-order chi connectivity index (χ1) is 8.99. The Morgan fingerprint density at radius 1 is 1.63 bits per heavy atom. The summed E-state index contributed by atoms with van der Waals surface area (Å²) in [6.45, 7) is 4.25. The Balaban J connectivity index is 1.76. The standard InChI is InChI=1S/C12H18N4O2S/c1-12(2)11(18)16-9(6-19-12)10(17)14-4-3-8-5-13-7-15-8/h5,7,9H,3-4,6H2,1-2H3,(H,13,15)(H,14,17)(H,16,18)/t9-/m0/s1. The molecule has 19 heavy (non-hydrogen) atoms. The first kappa shape index (κ1) is 13.9. The highest BCUT2D eigenvalue weighted by Gasteiger charge is 2.37. The normalized spacial score (nSPS) is 21.8. The van der Waals surface area contributed by atoms with Crippen LogP contribution in [0.5, 0.6) is 0 Å². The van der Waals surface area contributed by atoms with Gasteiger partial charge in [0.1, 0.15) is 6.04 Å². The lowest BCUT2D eigenvalue weighted by molar-refractivity contribution is -0.129. The number of carbonyl (C=O) groups excluding carboxylic acids is 2. The second-order valence-electron chi connectivity index (χ2n) is 4.97. The fourth-order valence-electron chi connectivity index (χ4n) is 1.74. The number of rotatable bonds is 4. The van der Waals surface area contributed by atoms with Gasteiger partial charge in [-0.1, -0.05) is 0 Å². The summed E-state index contributed by atoms with van der Waals surface area (Å²) in [6.07, 6.45) is 4.04. The maximum Gasteiger partial charge on any atom is 0.243 e. The summed E-state index contributed by atoms with van der Waals surface area (Å²) < 4.78 is -0.452. The molecule has 1 aliphatic heterocycles. The van der Waals surface area contributed by atoms with E-state index in [0.29, 0.717) is 18.7 Å². The number of aromatic amines is 1. The van der Waals surface area contributed by atoms with Gasteiger partial charge in [-0.15, -0.1) is 11.8 Å². The summed E-state index contributed by atoms with van der Waals surface area (Å²) in [5.74, 6) is 0.391. The first-order valence-corrected chi connectivity index (χ1v) is 7.17. The van der Waals surface area contributed by atoms with Gasteiger partial charge in [0.15, 0.2) is 0 Å². The Hall–Kier alpha value is -1.50. The second kappa shape index (κ2) is 5.64. The highest BCUT2D eigenvalue weighted by Crippen LogP contribution is 2.28. The molecule has 1 saturated heterocycles. The van der Waals surface area contributed by atoms with Gasteiger partial charge in [-0.05, 0) is 13.8 Å². The van der Waals surface area contributed by atoms with E-state index in [1.807, 2.05) is 13.8 Å². The highest BCUT2D eigenvalue weighted by molar-refractivity contribution is 8.01. The van der Waals surface area contributed by atoms with Crippen molar-refractivity contribution >= 4 is 23.6 Å². The molecule has 0 unspecified atom stereocenters. The molecule has 0 radical (unpaired) electrons. The van der Waals surface area contributed by atoms with Crippen LogP contribution in [0.3, 0.4) is 0 Å².